The molecule has 0 aliphatic carbocycles. The van der Waals surface area contributed by atoms with Crippen LogP contribution in [0.15, 0.2) is 292 Å². The summed E-state index contributed by atoms with van der Waals surface area (Å²) in [6, 6.07) is 86.3. The number of benzene rings is 10. The summed E-state index contributed by atoms with van der Waals surface area (Å²) in [5.41, 5.74) is 11.7. The van der Waals surface area contributed by atoms with E-state index in [0.29, 0.717) is 22.2 Å². The van der Waals surface area contributed by atoms with Gasteiger partial charge in [0.25, 0.3) is 0 Å². The zero-order valence-electron chi connectivity index (χ0n) is 52.7. The van der Waals surface area contributed by atoms with E-state index >= 15 is 0 Å². The first kappa shape index (κ1) is 71.3. The molecule has 0 amide bonds. The number of hydrogen-bond donors (Lipinski definition) is 0. The molecule has 0 fully saturated rings. The molecule has 0 saturated heterocycles. The van der Waals surface area contributed by atoms with Gasteiger partial charge in [0.15, 0.2) is 12.4 Å². The topological polar surface area (TPSA) is 199 Å². The number of pyridine rings is 6. The molecule has 10 aromatic carbocycles. The maximum Gasteiger partial charge on any atom is 1.00 e. The maximum absolute atomic E-state index is 12.4. The van der Waals surface area contributed by atoms with E-state index in [0.717, 1.165) is 99.1 Å². The number of aromatic amines is 5. The van der Waals surface area contributed by atoms with E-state index in [1.807, 2.05) is 207 Å². The number of aromatic nitrogens is 6. The van der Waals surface area contributed by atoms with Crippen LogP contribution in [0.2, 0.25) is 0 Å². The number of hydrogen-bond acceptors (Lipinski definition) is 6. The number of nitrogens with zero attached hydrogens (tertiary/aromatic N) is 1. The van der Waals surface area contributed by atoms with Crippen LogP contribution in [0.25, 0.3) is 121 Å². The monoisotopic (exact) mass is 1180 g/mol. The van der Waals surface area contributed by atoms with Crippen LogP contribution < -0.4 is 126 Å². The summed E-state index contributed by atoms with van der Waals surface area (Å²) in [5.74, 6) is 0.230. The number of aryl methyl sites for hydroxylation is 1. The standard InChI is InChI=1S/C19H13NO.C18H12N2O.C16H13NO.C15H11NO.C9H7NO.5Li/c21-18-12-6-4-10-16(18)19-15-9-2-1-7-13(15)14-8-3-5-11-17(14)20-19;21-16-6-2-1-5-14(16)15-10-9-13-8-7-12-4-3-11-19-17(12)18(13)20-15;1-11-10-12-6-2-3-7-13(12)15(16(11)18)14-8-4-5-9-17-14;17-15-8-4-2-6-12(15)14-10-9-11-5-1-3-7-13(11)16-14;11-8-5-1-3-7-4-2-6-10-9(7)8;;;;;/h1-12,21H;1-11,21H;2-10,18H,1H3;1-10,17H;1-6,11H;;;;;/q;;;;;-1;4*+1. The Kier molecular flexibility index (Phi) is 25.7. The number of H-pyrrole nitrogens is 5. The van der Waals surface area contributed by atoms with E-state index < -0.39 is 0 Å². The second kappa shape index (κ2) is 33.5. The Morgan fingerprint density at radius 3 is 1.47 bits per heavy atom. The van der Waals surface area contributed by atoms with Crippen LogP contribution >= 0.6 is 0 Å². The predicted octanol–water partition coefficient (Wildman–Crippen LogP) is -0.0495. The molecule has 0 aliphatic heterocycles. The van der Waals surface area contributed by atoms with Gasteiger partial charge in [-0.1, -0.05) is 180 Å². The second-order valence-corrected chi connectivity index (χ2v) is 20.8. The van der Waals surface area contributed by atoms with Gasteiger partial charge >= 0.3 is 75.4 Å². The van der Waals surface area contributed by atoms with Crippen LogP contribution in [0.4, 0.5) is 0 Å². The summed E-state index contributed by atoms with van der Waals surface area (Å²) in [5, 5.41) is 69.1. The van der Waals surface area contributed by atoms with Gasteiger partial charge < -0.3 is 44.4 Å². The third-order valence-corrected chi connectivity index (χ3v) is 15.2. The zero-order valence-corrected chi connectivity index (χ0v) is 52.7. The van der Waals surface area contributed by atoms with E-state index in [2.05, 4.69) is 60.2 Å². The van der Waals surface area contributed by atoms with Crippen LogP contribution in [0.5, 0.6) is 28.7 Å². The summed E-state index contributed by atoms with van der Waals surface area (Å²) in [6.45, 7) is 1.86. The van der Waals surface area contributed by atoms with Crippen molar-refractivity contribution in [1.29, 1.82) is 0 Å². The first-order chi connectivity index (χ1) is 43.2. The third-order valence-electron chi connectivity index (χ3n) is 15.2. The van der Waals surface area contributed by atoms with Gasteiger partial charge in [0.1, 0.15) is 5.52 Å². The van der Waals surface area contributed by atoms with Gasteiger partial charge in [0.2, 0.25) is 44.8 Å². The predicted molar refractivity (Wildman–Crippen MR) is 345 cm³/mol. The van der Waals surface area contributed by atoms with E-state index in [9.17, 15) is 25.5 Å². The minimum absolute atomic E-state index is 0. The van der Waals surface area contributed by atoms with Crippen molar-refractivity contribution >= 4 is 94.9 Å². The fourth-order valence-corrected chi connectivity index (χ4v) is 10.8. The number of nitrogens with one attached hydrogen (secondary N) is 5. The van der Waals surface area contributed by atoms with Crippen LogP contribution in [0.3, 0.4) is 0 Å². The van der Waals surface area contributed by atoms with Crippen molar-refractivity contribution in [1.82, 2.24) is 4.98 Å². The van der Waals surface area contributed by atoms with Crippen molar-refractivity contribution in [3.63, 3.8) is 0 Å². The van der Waals surface area contributed by atoms with E-state index in [-0.39, 0.29) is 123 Å². The van der Waals surface area contributed by atoms with E-state index in [1.54, 1.807) is 60.9 Å². The molecule has 0 spiro atoms. The number of para-hydroxylation sites is 6. The Morgan fingerprint density at radius 1 is 0.323 bits per heavy atom. The molecule has 5 N–H and O–H groups in total. The minimum Gasteiger partial charge on any atom is -1.00 e. The Labute approximate surface area is 598 Å². The molecule has 426 valence electrons. The van der Waals surface area contributed by atoms with Crippen molar-refractivity contribution in [2.24, 2.45) is 0 Å². The molecule has 16 heteroatoms. The van der Waals surface area contributed by atoms with Gasteiger partial charge in [-0.2, -0.15) is 0 Å². The SMILES string of the molecule is Cc1cc2ccccc2c(-c2cccc[nH+]2)c1[O-].[Li+].[Li+].[Li+].[Li+].[Li-].[O-]c1cccc2ccc[nH+]c12.[O-]c1ccccc1-c1[nH+]c2ccccc2c2ccccc12.[O-]c1ccccc1-c1ccc2ccc3cccnc3c2[nH+]1.[O-]c1ccccc1-c1ccc2ccccc2[nH+]1. The van der Waals surface area contributed by atoms with Gasteiger partial charge in [0, 0.05) is 97.8 Å². The van der Waals surface area contributed by atoms with Gasteiger partial charge in [0.05, 0.1) is 10.8 Å². The van der Waals surface area contributed by atoms with Crippen molar-refractivity contribution < 1.29 is 126 Å². The molecule has 0 aliphatic rings. The largest absolute Gasteiger partial charge is 1.00 e. The van der Waals surface area contributed by atoms with Crippen molar-refractivity contribution in [3.8, 4) is 73.8 Å². The molecular weight excluding hydrogens is 1120 g/mol. The molecule has 16 rings (SSSR count). The summed E-state index contributed by atoms with van der Waals surface area (Å²) in [6.07, 6.45) is 5.37. The van der Waals surface area contributed by atoms with Crippen LogP contribution in [0, 0.1) is 6.92 Å². The molecule has 0 atom stereocenters. The fourth-order valence-electron chi connectivity index (χ4n) is 10.8. The van der Waals surface area contributed by atoms with Gasteiger partial charge in [-0.15, -0.1) is 0 Å². The van der Waals surface area contributed by atoms with E-state index in [1.165, 1.54) is 5.39 Å². The average Bonchev–Trinajstić information content (AvgIpc) is 0.802. The smallest absolute Gasteiger partial charge is 1.00 e. The van der Waals surface area contributed by atoms with E-state index in [4.69, 9.17) is 0 Å². The first-order valence-electron chi connectivity index (χ1n) is 28.6. The van der Waals surface area contributed by atoms with Crippen molar-refractivity contribution in [2.75, 3.05) is 0 Å². The molecule has 11 nitrogen and oxygen atoms in total. The average molecular weight is 1180 g/mol. The molecule has 0 bridgehead atoms. The molecule has 93 heavy (non-hydrogen) atoms. The zero-order chi connectivity index (χ0) is 60.3. The maximum atomic E-state index is 12.4. The Balaban J connectivity index is 0.000000165. The molecule has 0 saturated carbocycles. The second-order valence-electron chi connectivity index (χ2n) is 20.8. The van der Waals surface area contributed by atoms with Crippen molar-refractivity contribution in [2.45, 2.75) is 6.92 Å². The van der Waals surface area contributed by atoms with Crippen LogP contribution in [-0.4, -0.2) is 23.8 Å². The molecule has 6 aromatic heterocycles. The molecule has 6 heterocycles. The Morgan fingerprint density at radius 2 is 0.806 bits per heavy atom. The van der Waals surface area contributed by atoms with Crippen molar-refractivity contribution in [3.05, 3.63) is 297 Å². The summed E-state index contributed by atoms with van der Waals surface area (Å²) in [4.78, 5) is 20.6. The Hall–Kier alpha value is -9.09. The van der Waals surface area contributed by atoms with Crippen LogP contribution in [0.1, 0.15) is 5.56 Å². The summed E-state index contributed by atoms with van der Waals surface area (Å²) in [7, 11) is 0. The number of fused-ring (bicyclic) bond motifs is 9. The van der Waals surface area contributed by atoms with Gasteiger partial charge in [-0.3, -0.25) is 0 Å². The molecule has 2 radical (unpaired) electrons. The third kappa shape index (κ3) is 16.2. The van der Waals surface area contributed by atoms with Gasteiger partial charge in [-0.05, 0) is 102 Å². The summed E-state index contributed by atoms with van der Waals surface area (Å²) >= 11 is 0. The molecular formula is C77H56Li5N6O5+3. The molecule has 0 unspecified atom stereocenters. The molecule has 16 aromatic rings. The normalized spacial score (nSPS) is 10.2. The summed E-state index contributed by atoms with van der Waals surface area (Å²) < 4.78 is 0. The number of rotatable bonds is 4. The minimum atomic E-state index is 0. The van der Waals surface area contributed by atoms with Crippen LogP contribution in [-0.2, 0) is 0 Å². The Bertz CT molecular complexity index is 5170. The fraction of sp³-hybridized carbons (Fsp3) is 0.0130. The van der Waals surface area contributed by atoms with Gasteiger partial charge in [-0.25, -0.2) is 29.9 Å². The first-order valence-corrected chi connectivity index (χ1v) is 28.6. The quantitative estimate of drug-likeness (QED) is 0.175.